The van der Waals surface area contributed by atoms with Crippen LogP contribution in [0.3, 0.4) is 0 Å². The average Bonchev–Trinajstić information content (AvgIpc) is 3.26. The van der Waals surface area contributed by atoms with Gasteiger partial charge in [-0.05, 0) is 56.7 Å². The normalized spacial score (nSPS) is 23.6. The third-order valence-electron chi connectivity index (χ3n) is 4.73. The maximum atomic E-state index is 13.0. The van der Waals surface area contributed by atoms with Crippen LogP contribution in [0.5, 0.6) is 5.75 Å². The Labute approximate surface area is 146 Å². The molecule has 2 fully saturated rings. The van der Waals surface area contributed by atoms with Crippen LogP contribution in [0.25, 0.3) is 0 Å². The van der Waals surface area contributed by atoms with Crippen molar-refractivity contribution in [2.45, 2.75) is 32.8 Å². The van der Waals surface area contributed by atoms with E-state index in [1.807, 2.05) is 13.8 Å². The molecule has 2 aliphatic rings. The van der Waals surface area contributed by atoms with E-state index in [1.165, 1.54) is 0 Å². The first-order valence-corrected chi connectivity index (χ1v) is 8.73. The van der Waals surface area contributed by atoms with Crippen LogP contribution in [0.2, 0.25) is 5.02 Å². The first-order chi connectivity index (χ1) is 11.4. The predicted molar refractivity (Wildman–Crippen MR) is 90.5 cm³/mol. The summed E-state index contributed by atoms with van der Waals surface area (Å²) >= 11 is 6.05. The number of likely N-dealkylation sites (tertiary alicyclic amines) is 1. The number of carbonyl (C=O) groups is 2. The van der Waals surface area contributed by atoms with Crippen LogP contribution >= 0.6 is 11.6 Å². The molecule has 1 saturated carbocycles. The van der Waals surface area contributed by atoms with Crippen molar-refractivity contribution < 1.29 is 19.4 Å². The number of hydrogen-bond donors (Lipinski definition) is 1. The molecule has 24 heavy (non-hydrogen) atoms. The minimum Gasteiger partial charge on any atom is -0.490 e. The zero-order valence-electron chi connectivity index (χ0n) is 13.9. The quantitative estimate of drug-likeness (QED) is 0.883. The molecule has 1 aliphatic heterocycles. The van der Waals surface area contributed by atoms with Gasteiger partial charge in [0.25, 0.3) is 5.91 Å². The van der Waals surface area contributed by atoms with Crippen LogP contribution in [0, 0.1) is 17.8 Å². The molecule has 1 aromatic carbocycles. The molecule has 0 aromatic heterocycles. The van der Waals surface area contributed by atoms with E-state index < -0.39 is 11.9 Å². The van der Waals surface area contributed by atoms with Gasteiger partial charge in [-0.15, -0.1) is 0 Å². The van der Waals surface area contributed by atoms with Crippen LogP contribution in [0.15, 0.2) is 18.2 Å². The molecule has 1 amide bonds. The van der Waals surface area contributed by atoms with E-state index >= 15 is 0 Å². The minimum atomic E-state index is -0.813. The molecular formula is C18H22ClNO4. The maximum Gasteiger partial charge on any atom is 0.308 e. The highest BCUT2D eigenvalue weighted by molar-refractivity contribution is 6.31. The van der Waals surface area contributed by atoms with Crippen molar-refractivity contribution >= 4 is 23.5 Å². The van der Waals surface area contributed by atoms with Crippen LogP contribution in [0.4, 0.5) is 0 Å². The van der Waals surface area contributed by atoms with Gasteiger partial charge in [-0.3, -0.25) is 9.59 Å². The summed E-state index contributed by atoms with van der Waals surface area (Å²) in [5.41, 5.74) is 0.400. The standard InChI is InChI=1S/C18H22ClNO4/c1-10(2)24-16-6-5-12(19)7-13(16)17(21)20-8-14(11-3-4-11)15(9-20)18(22)23/h5-7,10-11,14-15H,3-4,8-9H2,1-2H3,(H,22,23)/t14-,15+/m1/s1. The largest absolute Gasteiger partial charge is 0.490 e. The lowest BCUT2D eigenvalue weighted by atomic mass is 9.92. The fourth-order valence-electron chi connectivity index (χ4n) is 3.45. The van der Waals surface area contributed by atoms with E-state index in [4.69, 9.17) is 16.3 Å². The summed E-state index contributed by atoms with van der Waals surface area (Å²) in [6.07, 6.45) is 2.06. The van der Waals surface area contributed by atoms with Gasteiger partial charge in [0.2, 0.25) is 0 Å². The summed E-state index contributed by atoms with van der Waals surface area (Å²) < 4.78 is 5.72. The molecule has 1 aromatic rings. The molecule has 0 bridgehead atoms. The number of ether oxygens (including phenoxy) is 1. The van der Waals surface area contributed by atoms with Crippen molar-refractivity contribution in [2.24, 2.45) is 17.8 Å². The zero-order valence-corrected chi connectivity index (χ0v) is 14.6. The third-order valence-corrected chi connectivity index (χ3v) is 4.97. The van der Waals surface area contributed by atoms with E-state index in [1.54, 1.807) is 23.1 Å². The van der Waals surface area contributed by atoms with Gasteiger partial charge in [0, 0.05) is 18.1 Å². The highest BCUT2D eigenvalue weighted by Gasteiger charge is 2.47. The van der Waals surface area contributed by atoms with E-state index in [0.29, 0.717) is 28.8 Å². The van der Waals surface area contributed by atoms with Gasteiger partial charge in [0.15, 0.2) is 0 Å². The lowest BCUT2D eigenvalue weighted by Gasteiger charge is -2.20. The topological polar surface area (TPSA) is 66.8 Å². The Kier molecular flexibility index (Phi) is 4.72. The number of carboxylic acid groups (broad SMARTS) is 1. The Morgan fingerprint density at radius 3 is 2.58 bits per heavy atom. The molecular weight excluding hydrogens is 330 g/mol. The molecule has 1 heterocycles. The summed E-state index contributed by atoms with van der Waals surface area (Å²) in [6, 6.07) is 4.98. The lowest BCUT2D eigenvalue weighted by Crippen LogP contribution is -2.30. The van der Waals surface area contributed by atoms with Gasteiger partial charge in [0.05, 0.1) is 17.6 Å². The molecule has 1 aliphatic carbocycles. The highest BCUT2D eigenvalue weighted by atomic mass is 35.5. The predicted octanol–water partition coefficient (Wildman–Crippen LogP) is 3.31. The highest BCUT2D eigenvalue weighted by Crippen LogP contribution is 2.44. The lowest BCUT2D eigenvalue weighted by molar-refractivity contribution is -0.142. The minimum absolute atomic E-state index is 0.0556. The van der Waals surface area contributed by atoms with Crippen LogP contribution in [-0.4, -0.2) is 41.1 Å². The second kappa shape index (κ2) is 6.63. The molecule has 1 N–H and O–H groups in total. The first-order valence-electron chi connectivity index (χ1n) is 8.35. The number of amides is 1. The zero-order chi connectivity index (χ0) is 17.4. The third kappa shape index (κ3) is 3.51. The van der Waals surface area contributed by atoms with Crippen molar-refractivity contribution in [1.29, 1.82) is 0 Å². The first kappa shape index (κ1) is 17.1. The van der Waals surface area contributed by atoms with Crippen LogP contribution < -0.4 is 4.74 Å². The van der Waals surface area contributed by atoms with Crippen molar-refractivity contribution in [3.8, 4) is 5.75 Å². The summed E-state index contributed by atoms with van der Waals surface area (Å²) in [7, 11) is 0. The Morgan fingerprint density at radius 1 is 1.29 bits per heavy atom. The van der Waals surface area contributed by atoms with E-state index in [-0.39, 0.29) is 24.5 Å². The number of rotatable bonds is 5. The fraction of sp³-hybridized carbons (Fsp3) is 0.556. The fourth-order valence-corrected chi connectivity index (χ4v) is 3.63. The molecule has 3 rings (SSSR count). The molecule has 0 unspecified atom stereocenters. The van der Waals surface area contributed by atoms with Gasteiger partial charge in [0.1, 0.15) is 5.75 Å². The Hall–Kier alpha value is -1.75. The molecule has 0 spiro atoms. The van der Waals surface area contributed by atoms with Gasteiger partial charge in [-0.25, -0.2) is 0 Å². The Morgan fingerprint density at radius 2 is 2.00 bits per heavy atom. The van der Waals surface area contributed by atoms with Crippen LogP contribution in [-0.2, 0) is 4.79 Å². The second-order valence-corrected chi connectivity index (χ2v) is 7.40. The van der Waals surface area contributed by atoms with Gasteiger partial charge in [-0.1, -0.05) is 11.6 Å². The number of halogens is 1. The molecule has 6 heteroatoms. The second-order valence-electron chi connectivity index (χ2n) is 6.96. The molecule has 1 saturated heterocycles. The van der Waals surface area contributed by atoms with Crippen molar-refractivity contribution in [3.63, 3.8) is 0 Å². The number of carbonyl (C=O) groups excluding carboxylic acids is 1. The number of benzene rings is 1. The maximum absolute atomic E-state index is 13.0. The van der Waals surface area contributed by atoms with Crippen LogP contribution in [0.1, 0.15) is 37.0 Å². The molecule has 5 nitrogen and oxygen atoms in total. The molecule has 130 valence electrons. The molecule has 0 radical (unpaired) electrons. The summed E-state index contributed by atoms with van der Waals surface area (Å²) in [5.74, 6) is -0.513. The number of aliphatic carboxylic acids is 1. The monoisotopic (exact) mass is 351 g/mol. The van der Waals surface area contributed by atoms with Crippen molar-refractivity contribution in [1.82, 2.24) is 4.90 Å². The van der Waals surface area contributed by atoms with Crippen molar-refractivity contribution in [3.05, 3.63) is 28.8 Å². The van der Waals surface area contributed by atoms with Gasteiger partial charge in [-0.2, -0.15) is 0 Å². The summed E-state index contributed by atoms with van der Waals surface area (Å²) in [4.78, 5) is 26.1. The number of carboxylic acids is 1. The van der Waals surface area contributed by atoms with Gasteiger partial charge < -0.3 is 14.7 Å². The average molecular weight is 352 g/mol. The Balaban J connectivity index is 1.84. The smallest absolute Gasteiger partial charge is 0.308 e. The van der Waals surface area contributed by atoms with Crippen molar-refractivity contribution in [2.75, 3.05) is 13.1 Å². The number of hydrogen-bond acceptors (Lipinski definition) is 3. The molecule has 2 atom stereocenters. The van der Waals surface area contributed by atoms with E-state index in [0.717, 1.165) is 12.8 Å². The van der Waals surface area contributed by atoms with E-state index in [9.17, 15) is 14.7 Å². The summed E-state index contributed by atoms with van der Waals surface area (Å²) in [5, 5.41) is 9.92. The Bertz CT molecular complexity index is 656. The SMILES string of the molecule is CC(C)Oc1ccc(Cl)cc1C(=O)N1C[C@H](C(=O)O)[C@@H](C2CC2)C1. The number of nitrogens with zero attached hydrogens (tertiary/aromatic N) is 1. The van der Waals surface area contributed by atoms with Gasteiger partial charge >= 0.3 is 5.97 Å². The van der Waals surface area contributed by atoms with E-state index in [2.05, 4.69) is 0 Å². The summed E-state index contributed by atoms with van der Waals surface area (Å²) in [6.45, 7) is 4.53.